The summed E-state index contributed by atoms with van der Waals surface area (Å²) in [4.78, 5) is 0. The van der Waals surface area contributed by atoms with Gasteiger partial charge < -0.3 is 0 Å². The van der Waals surface area contributed by atoms with Crippen molar-refractivity contribution in [1.82, 2.24) is 0 Å². The number of rotatable bonds is 1. The molecule has 0 unspecified atom stereocenters. The molecule has 0 aromatic heterocycles. The average Bonchev–Trinajstić information content (AvgIpc) is 1.37. The molecule has 0 radical (unpaired) electrons. The van der Waals surface area contributed by atoms with E-state index in [2.05, 4.69) is 3.71 Å². The molecule has 20 valence electrons. The van der Waals surface area contributed by atoms with E-state index < -0.39 is 0 Å². The molecule has 0 atom stereocenters. The van der Waals surface area contributed by atoms with Crippen LogP contribution in [0.2, 0.25) is 6.04 Å². The van der Waals surface area contributed by atoms with Gasteiger partial charge in [-0.3, -0.25) is 0 Å². The first-order valence-electron chi connectivity index (χ1n) is 1.40. The second-order valence-electron chi connectivity index (χ2n) is 0.612. The third kappa shape index (κ3) is 2.97. The maximum absolute atomic E-state index is 2.28. The first kappa shape index (κ1) is 4.97. The predicted molar refractivity (Wildman–Crippen MR) is 20.8 cm³/mol. The normalized spacial score (nSPS) is 7.50. The average molecular weight is 149 g/mol. The van der Waals surface area contributed by atoms with E-state index in [4.69, 9.17) is 0 Å². The van der Waals surface area contributed by atoms with Crippen LogP contribution in [-0.2, 0) is 24.2 Å². The van der Waals surface area contributed by atoms with E-state index in [0.29, 0.717) is 0 Å². The second-order valence-corrected chi connectivity index (χ2v) is 2.43. The Labute approximate surface area is 44.3 Å². The Hall–Kier alpha value is 0.970. The number of hydrogen-bond acceptors (Lipinski definition) is 0. The van der Waals surface area contributed by atoms with E-state index in [9.17, 15) is 0 Å². The topological polar surface area (TPSA) is 0 Å². The fourth-order valence-corrected chi connectivity index (χ4v) is 0. The van der Waals surface area contributed by atoms with Crippen molar-refractivity contribution in [3.05, 3.63) is 0 Å². The molecule has 0 bridgehead atoms. The molecule has 0 spiro atoms. The molecule has 0 rings (SSSR count). The van der Waals surface area contributed by atoms with Gasteiger partial charge in [0.1, 0.15) is 0 Å². The molecule has 0 heterocycles. The summed E-state index contributed by atoms with van der Waals surface area (Å²) in [5.41, 5.74) is 0. The summed E-state index contributed by atoms with van der Waals surface area (Å²) >= 11 is 1.58. The van der Waals surface area contributed by atoms with Gasteiger partial charge >= 0.3 is 44.2 Å². The maximum atomic E-state index is 2.28. The van der Waals surface area contributed by atoms with Crippen molar-refractivity contribution in [3.63, 3.8) is 0 Å². The van der Waals surface area contributed by atoms with Gasteiger partial charge in [-0.25, -0.2) is 0 Å². The Balaban J connectivity index is 2.30. The van der Waals surface area contributed by atoms with Crippen LogP contribution >= 0.6 is 0 Å². The Bertz CT molecular complexity index is 20.0. The Morgan fingerprint density at radius 1 is 2.00 bits per heavy atom. The Morgan fingerprint density at radius 2 is 2.25 bits per heavy atom. The third-order valence-corrected chi connectivity index (χ3v) is 3.62. The van der Waals surface area contributed by atoms with E-state index in [-0.39, 0.29) is 0 Å². The van der Waals surface area contributed by atoms with Gasteiger partial charge in [0.2, 0.25) is 0 Å². The van der Waals surface area contributed by atoms with E-state index in [1.54, 1.807) is 24.2 Å². The molecule has 0 aliphatic carbocycles. The second kappa shape index (κ2) is 3.97. The monoisotopic (exact) mass is 148 g/mol. The fourth-order valence-electron chi connectivity index (χ4n) is 0. The first-order valence-corrected chi connectivity index (χ1v) is 4.24. The zero-order valence-corrected chi connectivity index (χ0v) is 7.24. The molecular formula is C2H6SiZr+2. The summed E-state index contributed by atoms with van der Waals surface area (Å²) in [5, 5.41) is 0. The zero-order chi connectivity index (χ0) is 3.41. The third-order valence-electron chi connectivity index (χ3n) is 0.204. The molecular weight excluding hydrogens is 143 g/mol. The van der Waals surface area contributed by atoms with Crippen LogP contribution in [0.1, 0.15) is 0 Å². The van der Waals surface area contributed by atoms with Crippen molar-refractivity contribution in [2.45, 2.75) is 6.04 Å². The van der Waals surface area contributed by atoms with Crippen LogP contribution in [0.15, 0.2) is 0 Å². The van der Waals surface area contributed by atoms with Crippen LogP contribution in [0.4, 0.5) is 0 Å². The van der Waals surface area contributed by atoms with Gasteiger partial charge in [-0.1, -0.05) is 0 Å². The van der Waals surface area contributed by atoms with Crippen LogP contribution in [0, 0.1) is 0 Å². The van der Waals surface area contributed by atoms with E-state index in [1.165, 1.54) is 16.3 Å². The van der Waals surface area contributed by atoms with Crippen molar-refractivity contribution in [2.24, 2.45) is 0 Å². The van der Waals surface area contributed by atoms with Gasteiger partial charge in [-0.2, -0.15) is 0 Å². The number of hydrogen-bond donors (Lipinski definition) is 0. The van der Waals surface area contributed by atoms with Gasteiger partial charge in [-0.15, -0.1) is 0 Å². The molecule has 0 aromatic rings. The Morgan fingerprint density at radius 3 is 2.25 bits per heavy atom. The molecule has 0 nitrogen and oxygen atoms in total. The van der Waals surface area contributed by atoms with Crippen molar-refractivity contribution >= 4 is 14.0 Å². The summed E-state index contributed by atoms with van der Waals surface area (Å²) in [6.45, 7) is 0. The summed E-state index contributed by atoms with van der Waals surface area (Å²) in [6, 6.07) is 1.37. The molecule has 0 aliphatic heterocycles. The summed E-state index contributed by atoms with van der Waals surface area (Å²) in [6.07, 6.45) is 0. The van der Waals surface area contributed by atoms with Crippen molar-refractivity contribution in [1.29, 1.82) is 0 Å². The van der Waals surface area contributed by atoms with Gasteiger partial charge in [0, 0.05) is 0 Å². The Kier molecular flexibility index (Phi) is 4.93. The molecule has 0 saturated carbocycles. The summed E-state index contributed by atoms with van der Waals surface area (Å²) in [5.74, 6) is 0. The molecule has 0 N–H and O–H groups in total. The minimum atomic E-state index is 1.36. The molecule has 0 aromatic carbocycles. The van der Waals surface area contributed by atoms with E-state index in [0.717, 1.165) is 0 Å². The summed E-state index contributed by atoms with van der Waals surface area (Å²) < 4.78 is 2.28. The van der Waals surface area contributed by atoms with Crippen molar-refractivity contribution in [3.8, 4) is 0 Å². The van der Waals surface area contributed by atoms with Crippen LogP contribution in [-0.4, -0.2) is 14.0 Å². The quantitative estimate of drug-likeness (QED) is 0.425. The van der Waals surface area contributed by atoms with Crippen LogP contribution in [0.3, 0.4) is 0 Å². The van der Waals surface area contributed by atoms with Crippen LogP contribution < -0.4 is 0 Å². The van der Waals surface area contributed by atoms with Gasteiger partial charge in [-0.05, 0) is 0 Å². The molecule has 4 heavy (non-hydrogen) atoms. The first-order chi connectivity index (χ1) is 1.91. The molecule has 0 amide bonds. The van der Waals surface area contributed by atoms with Crippen LogP contribution in [0.25, 0.3) is 0 Å². The van der Waals surface area contributed by atoms with Crippen molar-refractivity contribution < 1.29 is 24.2 Å². The van der Waals surface area contributed by atoms with E-state index in [1.807, 2.05) is 0 Å². The van der Waals surface area contributed by atoms with Gasteiger partial charge in [0.05, 0.1) is 0 Å². The van der Waals surface area contributed by atoms with Crippen LogP contribution in [0.5, 0.6) is 0 Å². The molecule has 0 saturated heterocycles. The van der Waals surface area contributed by atoms with E-state index >= 15 is 0 Å². The fraction of sp³-hybridized carbons (Fsp3) is 0.500. The molecule has 0 fully saturated rings. The minimum absolute atomic E-state index is 1.36. The molecule has 0 aliphatic rings. The predicted octanol–water partition coefficient (Wildman–Crippen LogP) is -0.881. The van der Waals surface area contributed by atoms with Gasteiger partial charge in [0.25, 0.3) is 0 Å². The van der Waals surface area contributed by atoms with Gasteiger partial charge in [0.15, 0.2) is 0 Å². The SMILES string of the molecule is [SiH3]C[CH]=[Zr+2]. The molecule has 2 heteroatoms. The summed E-state index contributed by atoms with van der Waals surface area (Å²) in [7, 11) is 1.36. The standard InChI is InChI=1S/C2H6Si.Zr/c1-2-3;/h1H,2H2,3H3;/q;+2. The zero-order valence-electron chi connectivity index (χ0n) is 2.78. The van der Waals surface area contributed by atoms with Crippen molar-refractivity contribution in [2.75, 3.05) is 0 Å².